The Balaban J connectivity index is 2.21. The predicted molar refractivity (Wildman–Crippen MR) is 71.5 cm³/mol. The lowest BCUT2D eigenvalue weighted by Crippen LogP contribution is -2.43. The summed E-state index contributed by atoms with van der Waals surface area (Å²) >= 11 is 0. The van der Waals surface area contributed by atoms with Gasteiger partial charge in [0.15, 0.2) is 0 Å². The van der Waals surface area contributed by atoms with Gasteiger partial charge in [-0.2, -0.15) is 0 Å². The summed E-state index contributed by atoms with van der Waals surface area (Å²) in [6, 6.07) is 5.04. The standard InChI is InChI=1S/C14H20N2O2/c1-2-11-5-3-4-8-16(11)14(18)10-6-7-12(15)13(17)9-10/h6-7,9,11,17H,2-5,8,15H2,1H3. The number of phenolic OH excluding ortho intramolecular Hbond substituents is 1. The van der Waals surface area contributed by atoms with Gasteiger partial charge in [-0.05, 0) is 43.9 Å². The number of carbonyl (C=O) groups is 1. The van der Waals surface area contributed by atoms with Crippen molar-refractivity contribution in [1.82, 2.24) is 4.90 Å². The van der Waals surface area contributed by atoms with Crippen LogP contribution in [0, 0.1) is 0 Å². The predicted octanol–water partition coefficient (Wildman–Crippen LogP) is 2.38. The summed E-state index contributed by atoms with van der Waals surface area (Å²) in [5.41, 5.74) is 6.36. The first-order valence-corrected chi connectivity index (χ1v) is 6.53. The Labute approximate surface area is 107 Å². The number of hydrogen-bond donors (Lipinski definition) is 2. The Morgan fingerprint density at radius 3 is 2.94 bits per heavy atom. The molecule has 98 valence electrons. The zero-order valence-electron chi connectivity index (χ0n) is 10.7. The number of likely N-dealkylation sites (tertiary alicyclic amines) is 1. The fourth-order valence-corrected chi connectivity index (χ4v) is 2.53. The summed E-state index contributed by atoms with van der Waals surface area (Å²) < 4.78 is 0. The van der Waals surface area contributed by atoms with Crippen LogP contribution in [0.1, 0.15) is 43.0 Å². The van der Waals surface area contributed by atoms with E-state index in [1.165, 1.54) is 12.5 Å². The smallest absolute Gasteiger partial charge is 0.254 e. The second kappa shape index (κ2) is 5.29. The van der Waals surface area contributed by atoms with Crippen LogP contribution in [0.4, 0.5) is 5.69 Å². The van der Waals surface area contributed by atoms with Crippen LogP contribution in [0.15, 0.2) is 18.2 Å². The number of anilines is 1. The van der Waals surface area contributed by atoms with Gasteiger partial charge in [0.05, 0.1) is 5.69 Å². The van der Waals surface area contributed by atoms with Crippen LogP contribution in [-0.2, 0) is 0 Å². The van der Waals surface area contributed by atoms with Crippen molar-refractivity contribution < 1.29 is 9.90 Å². The molecule has 1 fully saturated rings. The van der Waals surface area contributed by atoms with E-state index in [9.17, 15) is 9.90 Å². The third kappa shape index (κ3) is 2.42. The molecule has 1 unspecified atom stereocenters. The topological polar surface area (TPSA) is 66.6 Å². The van der Waals surface area contributed by atoms with Gasteiger partial charge in [-0.15, -0.1) is 0 Å². The SMILES string of the molecule is CCC1CCCCN1C(=O)c1ccc(N)c(O)c1. The lowest BCUT2D eigenvalue weighted by molar-refractivity contribution is 0.0607. The molecule has 0 radical (unpaired) electrons. The third-order valence-corrected chi connectivity index (χ3v) is 3.64. The van der Waals surface area contributed by atoms with Gasteiger partial charge >= 0.3 is 0 Å². The lowest BCUT2D eigenvalue weighted by Gasteiger charge is -2.35. The summed E-state index contributed by atoms with van der Waals surface area (Å²) in [5.74, 6) is -0.0252. The largest absolute Gasteiger partial charge is 0.506 e. The van der Waals surface area contributed by atoms with Gasteiger partial charge in [-0.3, -0.25) is 4.79 Å². The van der Waals surface area contributed by atoms with E-state index in [2.05, 4.69) is 6.92 Å². The summed E-state index contributed by atoms with van der Waals surface area (Å²) in [4.78, 5) is 14.3. The molecule has 0 bridgehead atoms. The van der Waals surface area contributed by atoms with Crippen LogP contribution in [0.5, 0.6) is 5.75 Å². The van der Waals surface area contributed by atoms with Crippen molar-refractivity contribution >= 4 is 11.6 Å². The molecule has 0 saturated carbocycles. The van der Waals surface area contributed by atoms with Crippen molar-refractivity contribution in [2.45, 2.75) is 38.6 Å². The Kier molecular flexibility index (Phi) is 3.75. The number of nitrogens with two attached hydrogens (primary N) is 1. The highest BCUT2D eigenvalue weighted by Gasteiger charge is 2.26. The van der Waals surface area contributed by atoms with E-state index in [1.807, 2.05) is 4.90 Å². The van der Waals surface area contributed by atoms with Crippen molar-refractivity contribution in [2.24, 2.45) is 0 Å². The molecule has 1 aliphatic heterocycles. The molecule has 0 aliphatic carbocycles. The zero-order valence-corrected chi connectivity index (χ0v) is 10.7. The van der Waals surface area contributed by atoms with Crippen molar-refractivity contribution in [1.29, 1.82) is 0 Å². The number of nitrogen functional groups attached to an aromatic ring is 1. The number of piperidine rings is 1. The number of rotatable bonds is 2. The highest BCUT2D eigenvalue weighted by molar-refractivity contribution is 5.95. The highest BCUT2D eigenvalue weighted by Crippen LogP contribution is 2.25. The van der Waals surface area contributed by atoms with Gasteiger partial charge in [0.2, 0.25) is 0 Å². The second-order valence-corrected chi connectivity index (χ2v) is 4.83. The first kappa shape index (κ1) is 12.7. The van der Waals surface area contributed by atoms with Crippen LogP contribution in [-0.4, -0.2) is 28.5 Å². The van der Waals surface area contributed by atoms with Gasteiger partial charge in [0.1, 0.15) is 5.75 Å². The molecule has 4 nitrogen and oxygen atoms in total. The molecule has 3 N–H and O–H groups in total. The average molecular weight is 248 g/mol. The highest BCUT2D eigenvalue weighted by atomic mass is 16.3. The molecule has 1 aliphatic rings. The first-order valence-electron chi connectivity index (χ1n) is 6.53. The molecule has 1 saturated heterocycles. The molecule has 4 heteroatoms. The zero-order chi connectivity index (χ0) is 13.1. The van der Waals surface area contributed by atoms with Crippen molar-refractivity contribution in [3.8, 4) is 5.75 Å². The van der Waals surface area contributed by atoms with Crippen LogP contribution in [0.3, 0.4) is 0 Å². The molecule has 1 atom stereocenters. The molecule has 18 heavy (non-hydrogen) atoms. The molecule has 1 aromatic rings. The molecule has 0 spiro atoms. The molecule has 1 amide bonds. The average Bonchev–Trinajstić information content (AvgIpc) is 2.41. The van der Waals surface area contributed by atoms with E-state index < -0.39 is 0 Å². The van der Waals surface area contributed by atoms with Crippen LogP contribution in [0.25, 0.3) is 0 Å². The van der Waals surface area contributed by atoms with Gasteiger partial charge in [-0.25, -0.2) is 0 Å². The minimum Gasteiger partial charge on any atom is -0.506 e. The summed E-state index contributed by atoms with van der Waals surface area (Å²) in [7, 11) is 0. The first-order chi connectivity index (χ1) is 8.63. The molecule has 1 heterocycles. The second-order valence-electron chi connectivity index (χ2n) is 4.83. The van der Waals surface area contributed by atoms with E-state index in [0.717, 1.165) is 25.8 Å². The number of carbonyl (C=O) groups excluding carboxylic acids is 1. The monoisotopic (exact) mass is 248 g/mol. The van der Waals surface area contributed by atoms with E-state index >= 15 is 0 Å². The van der Waals surface area contributed by atoms with E-state index in [1.54, 1.807) is 12.1 Å². The molecule has 1 aromatic carbocycles. The van der Waals surface area contributed by atoms with Gasteiger partial charge in [0.25, 0.3) is 5.91 Å². The molecular weight excluding hydrogens is 228 g/mol. The van der Waals surface area contributed by atoms with Crippen molar-refractivity contribution in [3.63, 3.8) is 0 Å². The number of benzene rings is 1. The Bertz CT molecular complexity index is 445. The maximum atomic E-state index is 12.4. The normalized spacial score (nSPS) is 19.8. The quantitative estimate of drug-likeness (QED) is 0.623. The van der Waals surface area contributed by atoms with Crippen LogP contribution < -0.4 is 5.73 Å². The van der Waals surface area contributed by atoms with Crippen molar-refractivity contribution in [3.05, 3.63) is 23.8 Å². The van der Waals surface area contributed by atoms with E-state index in [-0.39, 0.29) is 11.7 Å². The van der Waals surface area contributed by atoms with Gasteiger partial charge in [-0.1, -0.05) is 6.92 Å². The Morgan fingerprint density at radius 2 is 2.28 bits per heavy atom. The van der Waals surface area contributed by atoms with Crippen LogP contribution >= 0.6 is 0 Å². The van der Waals surface area contributed by atoms with Crippen LogP contribution in [0.2, 0.25) is 0 Å². The minimum atomic E-state index is -0.0223. The van der Waals surface area contributed by atoms with Gasteiger partial charge < -0.3 is 15.7 Å². The Morgan fingerprint density at radius 1 is 1.50 bits per heavy atom. The molecule has 2 rings (SSSR count). The number of nitrogens with zero attached hydrogens (tertiary/aromatic N) is 1. The van der Waals surface area contributed by atoms with Crippen molar-refractivity contribution in [2.75, 3.05) is 12.3 Å². The van der Waals surface area contributed by atoms with Gasteiger partial charge in [0, 0.05) is 18.2 Å². The number of aromatic hydroxyl groups is 1. The van der Waals surface area contributed by atoms with E-state index in [0.29, 0.717) is 17.3 Å². The van der Waals surface area contributed by atoms with E-state index in [4.69, 9.17) is 5.73 Å². The summed E-state index contributed by atoms with van der Waals surface area (Å²) in [6.45, 7) is 2.92. The number of hydrogen-bond acceptors (Lipinski definition) is 3. The fourth-order valence-electron chi connectivity index (χ4n) is 2.53. The third-order valence-electron chi connectivity index (χ3n) is 3.64. The number of phenols is 1. The minimum absolute atomic E-state index is 0.00292. The Hall–Kier alpha value is -1.71. The maximum Gasteiger partial charge on any atom is 0.254 e. The fraction of sp³-hybridized carbons (Fsp3) is 0.500. The summed E-state index contributed by atoms with van der Waals surface area (Å²) in [5, 5.41) is 9.57. The molecular formula is C14H20N2O2. The number of amides is 1. The molecule has 0 aromatic heterocycles. The lowest BCUT2D eigenvalue weighted by atomic mass is 9.99. The maximum absolute atomic E-state index is 12.4. The summed E-state index contributed by atoms with van der Waals surface area (Å²) in [6.07, 6.45) is 4.30.